The van der Waals surface area contributed by atoms with Crippen molar-refractivity contribution in [2.45, 2.75) is 6.42 Å². The molecule has 0 spiro atoms. The number of hydrogen-bond acceptors (Lipinski definition) is 2. The van der Waals surface area contributed by atoms with Gasteiger partial charge in [-0.3, -0.25) is 4.79 Å². The fourth-order valence-electron chi connectivity index (χ4n) is 2.01. The molecule has 1 N–H and O–H groups in total. The van der Waals surface area contributed by atoms with Gasteiger partial charge in [-0.25, -0.2) is 9.37 Å². The van der Waals surface area contributed by atoms with E-state index < -0.39 is 0 Å². The van der Waals surface area contributed by atoms with Gasteiger partial charge in [-0.05, 0) is 59.0 Å². The van der Waals surface area contributed by atoms with E-state index in [4.69, 9.17) is 0 Å². The Morgan fingerprint density at radius 3 is 2.71 bits per heavy atom. The Hall–Kier alpha value is -1.96. The number of nitrogens with one attached hydrogen (secondary N) is 1. The number of benzene rings is 1. The monoisotopic (exact) mass is 395 g/mol. The maximum Gasteiger partial charge on any atom is 0.230 e. The third-order valence-corrected chi connectivity index (χ3v) is 3.65. The first kappa shape index (κ1) is 14.0. The quantitative estimate of drug-likeness (QED) is 0.693. The van der Waals surface area contributed by atoms with E-state index in [-0.39, 0.29) is 18.1 Å². The van der Waals surface area contributed by atoms with Gasteiger partial charge in [0, 0.05) is 21.7 Å². The molecule has 0 atom stereocenters. The normalized spacial score (nSPS) is 10.8. The van der Waals surface area contributed by atoms with Gasteiger partial charge >= 0.3 is 0 Å². The van der Waals surface area contributed by atoms with Crippen LogP contribution in [0.3, 0.4) is 0 Å². The summed E-state index contributed by atoms with van der Waals surface area (Å²) in [4.78, 5) is 16.3. The zero-order chi connectivity index (χ0) is 14.8. The summed E-state index contributed by atoms with van der Waals surface area (Å²) < 4.78 is 15.8. The van der Waals surface area contributed by atoms with Crippen LogP contribution in [-0.2, 0) is 11.2 Å². The van der Waals surface area contributed by atoms with Gasteiger partial charge in [0.05, 0.1) is 12.1 Å². The van der Waals surface area contributed by atoms with E-state index >= 15 is 0 Å². The van der Waals surface area contributed by atoms with Crippen LogP contribution in [0.25, 0.3) is 5.65 Å². The lowest BCUT2D eigenvalue weighted by molar-refractivity contribution is -0.115. The molecule has 3 aromatic rings. The van der Waals surface area contributed by atoms with Crippen molar-refractivity contribution in [2.24, 2.45) is 0 Å². The van der Waals surface area contributed by atoms with Gasteiger partial charge in [-0.2, -0.15) is 0 Å². The van der Waals surface area contributed by atoms with Crippen LogP contribution in [0.15, 0.2) is 48.8 Å². The van der Waals surface area contributed by atoms with Crippen LogP contribution in [0.5, 0.6) is 0 Å². The molecule has 2 heterocycles. The lowest BCUT2D eigenvalue weighted by Gasteiger charge is -2.03. The van der Waals surface area contributed by atoms with Crippen molar-refractivity contribution in [3.63, 3.8) is 0 Å². The minimum absolute atomic E-state index is 0.148. The van der Waals surface area contributed by atoms with Gasteiger partial charge in [0.2, 0.25) is 5.91 Å². The van der Waals surface area contributed by atoms with Gasteiger partial charge < -0.3 is 9.72 Å². The summed E-state index contributed by atoms with van der Waals surface area (Å²) in [5.41, 5.74) is 1.97. The summed E-state index contributed by atoms with van der Waals surface area (Å²) in [6.45, 7) is 0. The van der Waals surface area contributed by atoms with Crippen LogP contribution >= 0.6 is 22.6 Å². The highest BCUT2D eigenvalue weighted by atomic mass is 127. The van der Waals surface area contributed by atoms with Gasteiger partial charge in [0.25, 0.3) is 0 Å². The predicted molar refractivity (Wildman–Crippen MR) is 86.6 cm³/mol. The molecular formula is C15H11FIN3O. The molecule has 0 aliphatic carbocycles. The van der Waals surface area contributed by atoms with Gasteiger partial charge in [-0.15, -0.1) is 0 Å². The van der Waals surface area contributed by atoms with Crippen LogP contribution in [0.1, 0.15) is 5.69 Å². The van der Waals surface area contributed by atoms with Crippen LogP contribution in [-0.4, -0.2) is 15.3 Å². The number of halogens is 2. The summed E-state index contributed by atoms with van der Waals surface area (Å²) >= 11 is 2.20. The minimum atomic E-state index is -0.338. The molecule has 0 unspecified atom stereocenters. The highest BCUT2D eigenvalue weighted by Gasteiger charge is 2.08. The van der Waals surface area contributed by atoms with E-state index in [9.17, 15) is 9.18 Å². The number of carbonyl (C=O) groups excluding carboxylic acids is 1. The Kier molecular flexibility index (Phi) is 3.87. The van der Waals surface area contributed by atoms with Crippen LogP contribution < -0.4 is 5.32 Å². The molecule has 0 aliphatic heterocycles. The zero-order valence-electron chi connectivity index (χ0n) is 10.9. The largest absolute Gasteiger partial charge is 0.326 e. The van der Waals surface area contributed by atoms with E-state index in [1.807, 2.05) is 24.3 Å². The Morgan fingerprint density at radius 2 is 1.95 bits per heavy atom. The van der Waals surface area contributed by atoms with Crippen LogP contribution in [0.2, 0.25) is 0 Å². The highest BCUT2D eigenvalue weighted by molar-refractivity contribution is 14.1. The van der Waals surface area contributed by atoms with E-state index in [2.05, 4.69) is 32.9 Å². The second-order valence-corrected chi connectivity index (χ2v) is 5.82. The second kappa shape index (κ2) is 5.80. The van der Waals surface area contributed by atoms with E-state index in [1.54, 1.807) is 16.7 Å². The first-order chi connectivity index (χ1) is 10.1. The van der Waals surface area contributed by atoms with Crippen molar-refractivity contribution in [1.82, 2.24) is 9.38 Å². The smallest absolute Gasteiger partial charge is 0.230 e. The summed E-state index contributed by atoms with van der Waals surface area (Å²) in [5.74, 6) is -0.491. The fraction of sp³-hybridized carbons (Fsp3) is 0.0667. The van der Waals surface area contributed by atoms with E-state index in [0.717, 1.165) is 9.26 Å². The molecule has 0 fully saturated rings. The first-order valence-corrected chi connectivity index (χ1v) is 7.36. The van der Waals surface area contributed by atoms with Crippen molar-refractivity contribution < 1.29 is 9.18 Å². The minimum Gasteiger partial charge on any atom is -0.326 e. The summed E-state index contributed by atoms with van der Waals surface area (Å²) in [6.07, 6.45) is 3.14. The molecule has 4 nitrogen and oxygen atoms in total. The zero-order valence-corrected chi connectivity index (χ0v) is 13.0. The molecule has 106 valence electrons. The molecule has 1 amide bonds. The summed E-state index contributed by atoms with van der Waals surface area (Å²) in [7, 11) is 0. The number of anilines is 1. The molecule has 0 aliphatic rings. The molecule has 2 aromatic heterocycles. The second-order valence-electron chi connectivity index (χ2n) is 4.58. The highest BCUT2D eigenvalue weighted by Crippen LogP contribution is 2.12. The molecular weight excluding hydrogens is 384 g/mol. The molecule has 0 radical (unpaired) electrons. The van der Waals surface area contributed by atoms with Crippen molar-refractivity contribution in [1.29, 1.82) is 0 Å². The molecule has 1 aromatic carbocycles. The lowest BCUT2D eigenvalue weighted by atomic mass is 10.3. The molecule has 0 saturated carbocycles. The Balaban J connectivity index is 1.72. The maximum absolute atomic E-state index is 13.1. The first-order valence-electron chi connectivity index (χ1n) is 6.29. The molecule has 3 rings (SSSR count). The van der Waals surface area contributed by atoms with Crippen LogP contribution in [0.4, 0.5) is 10.1 Å². The Bertz CT molecular complexity index is 798. The third kappa shape index (κ3) is 3.38. The van der Waals surface area contributed by atoms with Gasteiger partial charge in [-0.1, -0.05) is 0 Å². The lowest BCUT2D eigenvalue weighted by Crippen LogP contribution is -2.14. The fourth-order valence-corrected chi connectivity index (χ4v) is 2.36. The predicted octanol–water partition coefficient (Wildman–Crippen LogP) is 3.26. The maximum atomic E-state index is 13.1. The van der Waals surface area contributed by atoms with Gasteiger partial charge in [0.1, 0.15) is 11.5 Å². The Labute approximate surface area is 134 Å². The van der Waals surface area contributed by atoms with Gasteiger partial charge in [0.15, 0.2) is 0 Å². The number of pyridine rings is 1. The molecule has 6 heteroatoms. The number of imidazole rings is 1. The van der Waals surface area contributed by atoms with Crippen molar-refractivity contribution in [3.05, 3.63) is 63.9 Å². The number of fused-ring (bicyclic) bond motifs is 1. The van der Waals surface area contributed by atoms with E-state index in [0.29, 0.717) is 11.3 Å². The standard InChI is InChI=1S/C15H11FIN3O/c16-10-1-6-14-18-13(9-20(14)8-10)7-15(21)19-12-4-2-11(17)3-5-12/h1-6,8-9H,7H2,(H,19,21). The average Bonchev–Trinajstić information content (AvgIpc) is 2.82. The van der Waals surface area contributed by atoms with Crippen molar-refractivity contribution in [3.8, 4) is 0 Å². The molecule has 0 bridgehead atoms. The SMILES string of the molecule is O=C(Cc1cn2cc(F)ccc2n1)Nc1ccc(I)cc1. The van der Waals surface area contributed by atoms with E-state index in [1.165, 1.54) is 12.3 Å². The summed E-state index contributed by atoms with van der Waals surface area (Å²) in [5, 5.41) is 2.81. The third-order valence-electron chi connectivity index (χ3n) is 2.93. The number of aromatic nitrogens is 2. The number of hydrogen-bond donors (Lipinski definition) is 1. The number of nitrogens with zero attached hydrogens (tertiary/aromatic N) is 2. The Morgan fingerprint density at radius 1 is 1.19 bits per heavy atom. The van der Waals surface area contributed by atoms with Crippen molar-refractivity contribution in [2.75, 3.05) is 5.32 Å². The topological polar surface area (TPSA) is 46.4 Å². The molecule has 21 heavy (non-hydrogen) atoms. The number of rotatable bonds is 3. The van der Waals surface area contributed by atoms with Crippen molar-refractivity contribution >= 4 is 39.8 Å². The summed E-state index contributed by atoms with van der Waals surface area (Å²) in [6, 6.07) is 10.5. The molecule has 0 saturated heterocycles. The van der Waals surface area contributed by atoms with Crippen LogP contribution in [0, 0.1) is 9.39 Å². The number of carbonyl (C=O) groups is 1. The average molecular weight is 395 g/mol. The number of amides is 1.